The second-order valence-electron chi connectivity index (χ2n) is 5.69. The summed E-state index contributed by atoms with van der Waals surface area (Å²) >= 11 is 0. The Morgan fingerprint density at radius 1 is 1.11 bits per heavy atom. The van der Waals surface area contributed by atoms with E-state index in [2.05, 4.69) is 15.0 Å². The van der Waals surface area contributed by atoms with Crippen LogP contribution in [-0.2, 0) is 6.54 Å². The molecule has 0 aromatic heterocycles. The number of benzene rings is 2. The van der Waals surface area contributed by atoms with Crippen LogP contribution in [0.15, 0.2) is 47.5 Å². The van der Waals surface area contributed by atoms with Crippen molar-refractivity contribution in [1.82, 2.24) is 0 Å². The van der Waals surface area contributed by atoms with Crippen molar-refractivity contribution >= 4 is 11.6 Å². The largest absolute Gasteiger partial charge is 0.573 e. The van der Waals surface area contributed by atoms with E-state index in [0.717, 1.165) is 12.0 Å². The molecule has 0 unspecified atom stereocenters. The van der Waals surface area contributed by atoms with Crippen molar-refractivity contribution in [3.05, 3.63) is 48.0 Å². The van der Waals surface area contributed by atoms with Crippen LogP contribution in [0.4, 0.5) is 18.9 Å². The summed E-state index contributed by atoms with van der Waals surface area (Å²) in [7, 11) is 0. The van der Waals surface area contributed by atoms with Crippen LogP contribution >= 0.6 is 0 Å². The lowest BCUT2D eigenvalue weighted by Gasteiger charge is -2.12. The zero-order valence-corrected chi connectivity index (χ0v) is 14.3. The van der Waals surface area contributed by atoms with Gasteiger partial charge in [0.05, 0.1) is 19.8 Å². The van der Waals surface area contributed by atoms with E-state index < -0.39 is 6.36 Å². The topological polar surface area (TPSA) is 78.1 Å². The SMILES string of the molecule is NC(=NCc1cccc2c1OCCCO2)Nc1ccc(OC(F)(F)F)cc1. The van der Waals surface area contributed by atoms with Gasteiger partial charge in [-0.15, -0.1) is 13.2 Å². The first kappa shape index (κ1) is 18.7. The van der Waals surface area contributed by atoms with Crippen LogP contribution in [0.3, 0.4) is 0 Å². The molecule has 1 heterocycles. The second-order valence-corrected chi connectivity index (χ2v) is 5.69. The Balaban J connectivity index is 1.63. The van der Waals surface area contributed by atoms with Crippen LogP contribution in [0.5, 0.6) is 17.2 Å². The van der Waals surface area contributed by atoms with Gasteiger partial charge in [-0.25, -0.2) is 4.99 Å². The van der Waals surface area contributed by atoms with Gasteiger partial charge in [0.15, 0.2) is 17.5 Å². The molecule has 0 saturated carbocycles. The van der Waals surface area contributed by atoms with Crippen LogP contribution < -0.4 is 25.3 Å². The van der Waals surface area contributed by atoms with Gasteiger partial charge in [0.25, 0.3) is 0 Å². The predicted molar refractivity (Wildman–Crippen MR) is 94.1 cm³/mol. The number of nitrogens with zero attached hydrogens (tertiary/aromatic N) is 1. The smallest absolute Gasteiger partial charge is 0.490 e. The molecule has 144 valence electrons. The highest BCUT2D eigenvalue weighted by Crippen LogP contribution is 2.33. The zero-order chi connectivity index (χ0) is 19.3. The molecule has 2 aromatic rings. The van der Waals surface area contributed by atoms with Crippen LogP contribution in [-0.4, -0.2) is 25.5 Å². The van der Waals surface area contributed by atoms with Crippen molar-refractivity contribution in [2.75, 3.05) is 18.5 Å². The molecular weight excluding hydrogens is 363 g/mol. The molecule has 1 aliphatic rings. The third-order valence-electron chi connectivity index (χ3n) is 3.63. The molecule has 3 N–H and O–H groups in total. The Labute approximate surface area is 153 Å². The van der Waals surface area contributed by atoms with Crippen molar-refractivity contribution in [3.8, 4) is 17.2 Å². The Morgan fingerprint density at radius 2 is 1.85 bits per heavy atom. The minimum absolute atomic E-state index is 0.117. The van der Waals surface area contributed by atoms with Crippen molar-refractivity contribution in [2.24, 2.45) is 10.7 Å². The summed E-state index contributed by atoms with van der Waals surface area (Å²) in [6.45, 7) is 1.42. The molecule has 0 saturated heterocycles. The number of ether oxygens (including phenoxy) is 3. The number of alkyl halides is 3. The highest BCUT2D eigenvalue weighted by Gasteiger charge is 2.30. The van der Waals surface area contributed by atoms with Gasteiger partial charge in [0.2, 0.25) is 0 Å². The number of halogens is 3. The van der Waals surface area contributed by atoms with Gasteiger partial charge in [0.1, 0.15) is 5.75 Å². The molecule has 1 aliphatic heterocycles. The molecule has 9 heteroatoms. The molecule has 3 rings (SSSR count). The first-order valence-electron chi connectivity index (χ1n) is 8.21. The molecule has 0 radical (unpaired) electrons. The molecule has 2 aromatic carbocycles. The molecule has 27 heavy (non-hydrogen) atoms. The summed E-state index contributed by atoms with van der Waals surface area (Å²) in [6.07, 6.45) is -3.93. The number of nitrogens with two attached hydrogens (primary N) is 1. The number of nitrogens with one attached hydrogen (secondary N) is 1. The molecule has 0 fully saturated rings. The van der Waals surface area contributed by atoms with Crippen molar-refractivity contribution in [2.45, 2.75) is 19.3 Å². The predicted octanol–water partition coefficient (Wildman–Crippen LogP) is 3.67. The summed E-state index contributed by atoms with van der Waals surface area (Å²) in [5.41, 5.74) is 7.17. The van der Waals surface area contributed by atoms with E-state index in [9.17, 15) is 13.2 Å². The number of hydrogen-bond donors (Lipinski definition) is 2. The summed E-state index contributed by atoms with van der Waals surface area (Å²) < 4.78 is 51.7. The zero-order valence-electron chi connectivity index (χ0n) is 14.3. The minimum atomic E-state index is -4.73. The van der Waals surface area contributed by atoms with Gasteiger partial charge in [0, 0.05) is 17.7 Å². The standard InChI is InChI=1S/C18H18F3N3O3/c19-18(20,21)27-14-7-5-13(6-8-14)24-17(22)23-11-12-3-1-4-15-16(12)26-10-2-9-25-15/h1,3-8H,2,9-11H2,(H3,22,23,24). The van der Waals surface area contributed by atoms with Crippen LogP contribution in [0, 0.1) is 0 Å². The highest BCUT2D eigenvalue weighted by atomic mass is 19.4. The lowest BCUT2D eigenvalue weighted by Crippen LogP contribution is -2.22. The van der Waals surface area contributed by atoms with Crippen molar-refractivity contribution in [3.63, 3.8) is 0 Å². The lowest BCUT2D eigenvalue weighted by molar-refractivity contribution is -0.274. The quantitative estimate of drug-likeness (QED) is 0.624. The molecule has 0 spiro atoms. The number of aliphatic imine (C=N–C) groups is 1. The van der Waals surface area contributed by atoms with Crippen LogP contribution in [0.2, 0.25) is 0 Å². The summed E-state index contributed by atoms with van der Waals surface area (Å²) in [5, 5.41) is 2.81. The van der Waals surface area contributed by atoms with Gasteiger partial charge in [-0.05, 0) is 30.3 Å². The number of anilines is 1. The van der Waals surface area contributed by atoms with Gasteiger partial charge < -0.3 is 25.3 Å². The Bertz CT molecular complexity index is 808. The fourth-order valence-corrected chi connectivity index (χ4v) is 2.48. The first-order valence-corrected chi connectivity index (χ1v) is 8.21. The van der Waals surface area contributed by atoms with E-state index in [4.69, 9.17) is 15.2 Å². The van der Waals surface area contributed by atoms with Gasteiger partial charge in [-0.1, -0.05) is 12.1 Å². The summed E-state index contributed by atoms with van der Waals surface area (Å²) in [6, 6.07) is 10.7. The first-order chi connectivity index (χ1) is 12.9. The summed E-state index contributed by atoms with van der Waals surface area (Å²) in [4.78, 5) is 4.25. The van der Waals surface area contributed by atoms with E-state index in [-0.39, 0.29) is 18.3 Å². The lowest BCUT2D eigenvalue weighted by atomic mass is 10.2. The number of para-hydroxylation sites is 1. The van der Waals surface area contributed by atoms with E-state index in [0.29, 0.717) is 30.4 Å². The molecule has 0 aliphatic carbocycles. The molecule has 6 nitrogen and oxygen atoms in total. The summed E-state index contributed by atoms with van der Waals surface area (Å²) in [5.74, 6) is 1.13. The van der Waals surface area contributed by atoms with Crippen LogP contribution in [0.25, 0.3) is 0 Å². The third kappa shape index (κ3) is 5.44. The Morgan fingerprint density at radius 3 is 2.59 bits per heavy atom. The molecule has 0 amide bonds. The van der Waals surface area contributed by atoms with Gasteiger partial charge in [-0.2, -0.15) is 0 Å². The number of hydrogen-bond acceptors (Lipinski definition) is 4. The van der Waals surface area contributed by atoms with E-state index in [1.165, 1.54) is 24.3 Å². The fraction of sp³-hybridized carbons (Fsp3) is 0.278. The molecule has 0 atom stereocenters. The van der Waals surface area contributed by atoms with Crippen molar-refractivity contribution in [1.29, 1.82) is 0 Å². The second kappa shape index (κ2) is 8.07. The normalized spacial score (nSPS) is 14.4. The maximum Gasteiger partial charge on any atom is 0.573 e. The number of rotatable bonds is 4. The average Bonchev–Trinajstić information content (AvgIpc) is 2.86. The van der Waals surface area contributed by atoms with Crippen LogP contribution in [0.1, 0.15) is 12.0 Å². The molecular formula is C18H18F3N3O3. The minimum Gasteiger partial charge on any atom is -0.490 e. The Hall–Kier alpha value is -3.10. The van der Waals surface area contributed by atoms with Gasteiger partial charge >= 0.3 is 6.36 Å². The highest BCUT2D eigenvalue weighted by molar-refractivity contribution is 5.92. The fourth-order valence-electron chi connectivity index (χ4n) is 2.48. The van der Waals surface area contributed by atoms with E-state index in [1.54, 1.807) is 0 Å². The monoisotopic (exact) mass is 381 g/mol. The van der Waals surface area contributed by atoms with Gasteiger partial charge in [-0.3, -0.25) is 0 Å². The Kier molecular flexibility index (Phi) is 5.58. The number of fused-ring (bicyclic) bond motifs is 1. The average molecular weight is 381 g/mol. The molecule has 0 bridgehead atoms. The maximum absolute atomic E-state index is 12.2. The third-order valence-corrected chi connectivity index (χ3v) is 3.63. The van der Waals surface area contributed by atoms with Crippen molar-refractivity contribution < 1.29 is 27.4 Å². The van der Waals surface area contributed by atoms with E-state index in [1.807, 2.05) is 18.2 Å². The number of guanidine groups is 1. The maximum atomic E-state index is 12.2. The van der Waals surface area contributed by atoms with E-state index >= 15 is 0 Å².